The molecule has 2 atom stereocenters. The van der Waals surface area contributed by atoms with Gasteiger partial charge in [-0.2, -0.15) is 0 Å². The van der Waals surface area contributed by atoms with E-state index in [1.807, 2.05) is 6.92 Å². The third kappa shape index (κ3) is 6.19. The van der Waals surface area contributed by atoms with Crippen molar-refractivity contribution in [2.45, 2.75) is 19.4 Å². The van der Waals surface area contributed by atoms with Gasteiger partial charge in [-0.05, 0) is 55.0 Å². The summed E-state index contributed by atoms with van der Waals surface area (Å²) in [5.74, 6) is -0.510. The molecule has 2 unspecified atom stereocenters. The Morgan fingerprint density at radius 1 is 1.06 bits per heavy atom. The Balaban J connectivity index is 1.80. The van der Waals surface area contributed by atoms with Crippen LogP contribution in [-0.2, 0) is 27.2 Å². The highest BCUT2D eigenvalue weighted by Gasteiger charge is 2.28. The lowest BCUT2D eigenvalue weighted by molar-refractivity contribution is -0.141. The lowest BCUT2D eigenvalue weighted by atomic mass is 10.0. The molecule has 0 aliphatic carbocycles. The van der Waals surface area contributed by atoms with E-state index >= 15 is 0 Å². The number of hydrogen-bond acceptors (Lipinski definition) is 7. The Hall–Kier alpha value is -3.73. The minimum atomic E-state index is -2.72. The number of anilines is 1. The molecule has 0 heterocycles. The Labute approximate surface area is 199 Å². The molecule has 3 rings (SSSR count). The molecule has 3 aromatic rings. The van der Waals surface area contributed by atoms with E-state index in [0.29, 0.717) is 22.7 Å². The molecule has 34 heavy (non-hydrogen) atoms. The second-order valence-electron chi connectivity index (χ2n) is 7.34. The number of amides is 1. The molecule has 0 radical (unpaired) electrons. The minimum absolute atomic E-state index is 0.0704. The molecule has 0 saturated carbocycles. The van der Waals surface area contributed by atoms with E-state index in [2.05, 4.69) is 0 Å². The number of aryl methyl sites for hydroxylation is 1. The van der Waals surface area contributed by atoms with E-state index in [9.17, 15) is 18.4 Å². The Morgan fingerprint density at radius 2 is 1.74 bits per heavy atom. The fourth-order valence-electron chi connectivity index (χ4n) is 3.28. The third-order valence-corrected chi connectivity index (χ3v) is 5.78. The summed E-state index contributed by atoms with van der Waals surface area (Å²) in [4.78, 5) is 24.1. The van der Waals surface area contributed by atoms with Crippen LogP contribution in [0.5, 0.6) is 11.5 Å². The van der Waals surface area contributed by atoms with Crippen LogP contribution in [0.2, 0.25) is 0 Å². The van der Waals surface area contributed by atoms with Crippen molar-refractivity contribution in [1.82, 2.24) is 5.48 Å². The Bertz CT molecular complexity index is 1170. The van der Waals surface area contributed by atoms with Crippen molar-refractivity contribution in [3.8, 4) is 11.5 Å². The second-order valence-corrected chi connectivity index (χ2v) is 8.16. The maximum absolute atomic E-state index is 12.5. The molecule has 0 aromatic heterocycles. The van der Waals surface area contributed by atoms with Gasteiger partial charge in [0.25, 0.3) is 5.91 Å². The number of nitrogens with one attached hydrogen (secondary N) is 1. The lowest BCUT2D eigenvalue weighted by Crippen LogP contribution is -2.44. The number of nitrogens with zero attached hydrogens (tertiary/aromatic N) is 1. The summed E-state index contributed by atoms with van der Waals surface area (Å²) >= 11 is -2.72. The van der Waals surface area contributed by atoms with Gasteiger partial charge < -0.3 is 14.0 Å². The summed E-state index contributed by atoms with van der Waals surface area (Å²) < 4.78 is 35.7. The van der Waals surface area contributed by atoms with Crippen molar-refractivity contribution in [3.05, 3.63) is 89.5 Å². The van der Waals surface area contributed by atoms with Crippen LogP contribution < -0.4 is 14.5 Å². The number of esters is 1. The van der Waals surface area contributed by atoms with Gasteiger partial charge in [-0.3, -0.25) is 18.5 Å². The van der Waals surface area contributed by atoms with Gasteiger partial charge in [-0.1, -0.05) is 35.9 Å². The van der Waals surface area contributed by atoms with E-state index in [-0.39, 0.29) is 12.0 Å². The molecule has 2 N–H and O–H groups in total. The maximum Gasteiger partial charge on any atom is 0.329 e. The van der Waals surface area contributed by atoms with Gasteiger partial charge >= 0.3 is 5.97 Å². The summed E-state index contributed by atoms with van der Waals surface area (Å²) in [6.45, 7) is 1.88. The Kier molecular flexibility index (Phi) is 8.36. The van der Waals surface area contributed by atoms with E-state index in [0.717, 1.165) is 9.87 Å². The highest BCUT2D eigenvalue weighted by atomic mass is 32.2. The van der Waals surface area contributed by atoms with Crippen molar-refractivity contribution in [2.75, 3.05) is 11.4 Å². The average molecular weight is 484 g/mol. The molecule has 0 aliphatic heterocycles. The lowest BCUT2D eigenvalue weighted by Gasteiger charge is -2.33. The van der Waals surface area contributed by atoms with Gasteiger partial charge in [0.1, 0.15) is 17.5 Å². The van der Waals surface area contributed by atoms with Crippen LogP contribution in [0.1, 0.15) is 21.5 Å². The van der Waals surface area contributed by atoms with Crippen LogP contribution in [0.4, 0.5) is 5.69 Å². The van der Waals surface area contributed by atoms with Crippen LogP contribution in [0.15, 0.2) is 72.8 Å². The largest absolute Gasteiger partial charge is 0.755 e. The van der Waals surface area contributed by atoms with Gasteiger partial charge in [0.05, 0.1) is 7.11 Å². The number of carbonyl (C=O) groups is 2. The maximum atomic E-state index is 12.5. The zero-order valence-electron chi connectivity index (χ0n) is 18.5. The van der Waals surface area contributed by atoms with E-state index in [1.165, 1.54) is 19.2 Å². The van der Waals surface area contributed by atoms with E-state index in [1.54, 1.807) is 66.1 Å². The predicted molar refractivity (Wildman–Crippen MR) is 124 cm³/mol. The smallest absolute Gasteiger partial charge is 0.329 e. The molecular formula is C24H23N2O7S-. The summed E-state index contributed by atoms with van der Waals surface area (Å²) in [5, 5.41) is 8.77. The van der Waals surface area contributed by atoms with Crippen molar-refractivity contribution < 1.29 is 33.0 Å². The molecular weight excluding hydrogens is 460 g/mol. The zero-order chi connectivity index (χ0) is 24.7. The molecule has 0 aliphatic rings. The monoisotopic (exact) mass is 483 g/mol. The first-order valence-electron chi connectivity index (χ1n) is 10.2. The van der Waals surface area contributed by atoms with Gasteiger partial charge in [-0.25, -0.2) is 10.3 Å². The molecule has 178 valence electrons. The number of rotatable bonds is 9. The van der Waals surface area contributed by atoms with Crippen molar-refractivity contribution >= 4 is 28.8 Å². The average Bonchev–Trinajstić information content (AvgIpc) is 2.84. The second kappa shape index (κ2) is 11.4. The first kappa shape index (κ1) is 24.9. The standard InChI is InChI=1S/C24H24N2O7S/c1-16-6-10-19(11-7-16)26(34(30)31)22(24(28)32-2)14-17-8-12-20(13-9-17)33-21-5-3-4-18(15-21)23(27)25-29/h3-13,15,22,29H,14H2,1-2H3,(H,25,27)(H,30,31)/p-1. The molecule has 1 amide bonds. The van der Waals surface area contributed by atoms with Gasteiger partial charge in [0.15, 0.2) is 0 Å². The van der Waals surface area contributed by atoms with Gasteiger partial charge in [0, 0.05) is 28.9 Å². The minimum Gasteiger partial charge on any atom is -0.755 e. The number of methoxy groups -OCH3 is 1. The summed E-state index contributed by atoms with van der Waals surface area (Å²) in [6.07, 6.45) is 0.0704. The highest BCUT2D eigenvalue weighted by molar-refractivity contribution is 7.80. The van der Waals surface area contributed by atoms with Crippen LogP contribution in [0.25, 0.3) is 0 Å². The van der Waals surface area contributed by atoms with E-state index < -0.39 is 29.2 Å². The molecule has 0 fully saturated rings. The van der Waals surface area contributed by atoms with Crippen molar-refractivity contribution in [1.29, 1.82) is 0 Å². The first-order chi connectivity index (χ1) is 16.3. The van der Waals surface area contributed by atoms with Crippen LogP contribution in [0.3, 0.4) is 0 Å². The third-order valence-electron chi connectivity index (χ3n) is 4.99. The quantitative estimate of drug-likeness (QED) is 0.207. The van der Waals surface area contributed by atoms with Crippen molar-refractivity contribution in [2.24, 2.45) is 0 Å². The van der Waals surface area contributed by atoms with Crippen molar-refractivity contribution in [3.63, 3.8) is 0 Å². The SMILES string of the molecule is COC(=O)C(Cc1ccc(Oc2cccc(C(=O)NO)c2)cc1)N(c1ccc(C)cc1)S(=O)[O-]. The van der Waals surface area contributed by atoms with Crippen LogP contribution >= 0.6 is 0 Å². The number of hydrogen-bond donors (Lipinski definition) is 2. The number of carbonyl (C=O) groups excluding carboxylic acids is 2. The van der Waals surface area contributed by atoms with Crippen LogP contribution in [0, 0.1) is 6.92 Å². The number of ether oxygens (including phenoxy) is 2. The number of benzene rings is 3. The predicted octanol–water partition coefficient (Wildman–Crippen LogP) is 3.29. The summed E-state index contributed by atoms with van der Waals surface area (Å²) in [6, 6.07) is 18.6. The molecule has 10 heteroatoms. The molecule has 9 nitrogen and oxygen atoms in total. The molecule has 0 bridgehead atoms. The topological polar surface area (TPSA) is 128 Å². The van der Waals surface area contributed by atoms with Gasteiger partial charge in [-0.15, -0.1) is 0 Å². The summed E-state index contributed by atoms with van der Waals surface area (Å²) in [7, 11) is 1.21. The Morgan fingerprint density at radius 3 is 2.32 bits per heavy atom. The zero-order valence-corrected chi connectivity index (χ0v) is 19.3. The molecule has 0 saturated heterocycles. The highest BCUT2D eigenvalue weighted by Crippen LogP contribution is 2.25. The summed E-state index contributed by atoms with van der Waals surface area (Å²) in [5.41, 5.74) is 3.76. The fraction of sp³-hybridized carbons (Fsp3) is 0.167. The van der Waals surface area contributed by atoms with E-state index in [4.69, 9.17) is 14.7 Å². The van der Waals surface area contributed by atoms with Gasteiger partial charge in [0.2, 0.25) is 0 Å². The normalized spacial score (nSPS) is 12.4. The molecule has 0 spiro atoms. The fourth-order valence-corrected chi connectivity index (χ4v) is 3.94. The first-order valence-corrected chi connectivity index (χ1v) is 11.2. The molecule has 3 aromatic carbocycles. The van der Waals surface area contributed by atoms with Crippen LogP contribution in [-0.4, -0.2) is 39.0 Å². The number of hydroxylamine groups is 1.